The van der Waals surface area contributed by atoms with Crippen molar-refractivity contribution in [2.45, 2.75) is 24.8 Å². The predicted octanol–water partition coefficient (Wildman–Crippen LogP) is 1.96. The van der Waals surface area contributed by atoms with E-state index in [9.17, 15) is 22.0 Å². The average Bonchev–Trinajstić information content (AvgIpc) is 2.95. The zero-order valence-corrected chi connectivity index (χ0v) is 14.0. The Morgan fingerprint density at radius 3 is 2.71 bits per heavy atom. The number of carbonyl (C=O) groups excluding carboxylic acids is 1. The molecule has 0 atom stereocenters. The molecule has 24 heavy (non-hydrogen) atoms. The maximum atomic E-state index is 12.7. The van der Waals surface area contributed by atoms with E-state index in [1.807, 2.05) is 0 Å². The van der Waals surface area contributed by atoms with Crippen LogP contribution in [0.3, 0.4) is 0 Å². The van der Waals surface area contributed by atoms with Gasteiger partial charge < -0.3 is 5.32 Å². The van der Waals surface area contributed by atoms with Crippen molar-refractivity contribution in [3.63, 3.8) is 0 Å². The van der Waals surface area contributed by atoms with Crippen LogP contribution < -0.4 is 5.32 Å². The van der Waals surface area contributed by atoms with Gasteiger partial charge in [0.05, 0.1) is 4.90 Å². The topological polar surface area (TPSA) is 81.1 Å². The van der Waals surface area contributed by atoms with Crippen molar-refractivity contribution < 1.29 is 22.0 Å². The van der Waals surface area contributed by atoms with Gasteiger partial charge in [-0.3, -0.25) is 9.36 Å². The molecule has 6 nitrogen and oxygen atoms in total. The number of amides is 1. The first-order chi connectivity index (χ1) is 11.2. The summed E-state index contributed by atoms with van der Waals surface area (Å²) in [6.45, 7) is -0.901. The Kier molecular flexibility index (Phi) is 5.33. The van der Waals surface area contributed by atoms with Crippen LogP contribution in [-0.4, -0.2) is 36.7 Å². The number of carbonyl (C=O) groups is 1. The molecule has 0 spiro atoms. The Bertz CT molecular complexity index is 847. The first-order valence-electron chi connectivity index (χ1n) is 7.09. The van der Waals surface area contributed by atoms with Crippen LogP contribution >= 0.6 is 0 Å². The van der Waals surface area contributed by atoms with Gasteiger partial charge in [-0.15, -0.1) is 0 Å². The van der Waals surface area contributed by atoms with Crippen LogP contribution in [-0.2, 0) is 16.3 Å². The number of alkyl halides is 2. The average molecular weight is 357 g/mol. The van der Waals surface area contributed by atoms with Crippen LogP contribution in [0, 0.1) is 6.92 Å². The minimum Gasteiger partial charge on any atom is -0.352 e. The van der Waals surface area contributed by atoms with E-state index in [1.54, 1.807) is 13.0 Å². The van der Waals surface area contributed by atoms with Crippen LogP contribution in [0.1, 0.15) is 28.3 Å². The molecular formula is C15H17F2N3O3S. The maximum absolute atomic E-state index is 12.7. The highest BCUT2D eigenvalue weighted by Gasteiger charge is 2.15. The minimum atomic E-state index is -3.42. The lowest BCUT2D eigenvalue weighted by molar-refractivity contribution is 0.0670. The molecule has 9 heteroatoms. The molecule has 0 saturated carbocycles. The van der Waals surface area contributed by atoms with E-state index >= 15 is 0 Å². The van der Waals surface area contributed by atoms with Crippen molar-refractivity contribution in [3.05, 3.63) is 47.5 Å². The highest BCUT2D eigenvalue weighted by atomic mass is 32.2. The summed E-state index contributed by atoms with van der Waals surface area (Å²) in [6, 6.07) is 4.29. The number of sulfone groups is 1. The van der Waals surface area contributed by atoms with E-state index in [1.165, 1.54) is 24.5 Å². The molecule has 2 rings (SSSR count). The number of benzene rings is 1. The monoisotopic (exact) mass is 357 g/mol. The van der Waals surface area contributed by atoms with E-state index in [0.29, 0.717) is 5.56 Å². The largest absolute Gasteiger partial charge is 0.352 e. The van der Waals surface area contributed by atoms with Crippen molar-refractivity contribution in [1.82, 2.24) is 14.9 Å². The fraction of sp³-hybridized carbons (Fsp3) is 0.333. The fourth-order valence-corrected chi connectivity index (χ4v) is 2.82. The van der Waals surface area contributed by atoms with Gasteiger partial charge >= 0.3 is 6.55 Å². The predicted molar refractivity (Wildman–Crippen MR) is 83.8 cm³/mol. The lowest BCUT2D eigenvalue weighted by Gasteiger charge is -2.10. The number of halogens is 2. The lowest BCUT2D eigenvalue weighted by atomic mass is 10.1. The van der Waals surface area contributed by atoms with Crippen molar-refractivity contribution in [2.24, 2.45) is 0 Å². The van der Waals surface area contributed by atoms with Crippen LogP contribution in [0.2, 0.25) is 0 Å². The molecule has 0 unspecified atom stereocenters. The highest BCUT2D eigenvalue weighted by molar-refractivity contribution is 7.90. The second kappa shape index (κ2) is 7.08. The molecule has 2 aromatic rings. The molecule has 1 aromatic heterocycles. The minimum absolute atomic E-state index is 0.0477. The highest BCUT2D eigenvalue weighted by Crippen LogP contribution is 2.16. The molecular weight excluding hydrogens is 340 g/mol. The number of nitrogens with zero attached hydrogens (tertiary/aromatic N) is 2. The number of aryl methyl sites for hydroxylation is 1. The van der Waals surface area contributed by atoms with Crippen LogP contribution in [0.15, 0.2) is 35.5 Å². The molecule has 0 aliphatic carbocycles. The van der Waals surface area contributed by atoms with Crippen LogP contribution in [0.4, 0.5) is 8.78 Å². The number of aromatic nitrogens is 2. The lowest BCUT2D eigenvalue weighted by Crippen LogP contribution is -2.27. The summed E-state index contributed by atoms with van der Waals surface area (Å²) < 4.78 is 49.3. The third-order valence-corrected chi connectivity index (χ3v) is 4.59. The number of nitrogens with one attached hydrogen (secondary N) is 1. The zero-order valence-electron chi connectivity index (χ0n) is 13.2. The van der Waals surface area contributed by atoms with E-state index in [4.69, 9.17) is 0 Å². The van der Waals surface area contributed by atoms with Crippen molar-refractivity contribution >= 4 is 15.7 Å². The molecule has 0 aliphatic rings. The van der Waals surface area contributed by atoms with E-state index in [0.717, 1.165) is 10.8 Å². The van der Waals surface area contributed by atoms with Crippen molar-refractivity contribution in [1.29, 1.82) is 0 Å². The number of rotatable bonds is 6. The smallest absolute Gasteiger partial charge is 0.319 e. The second-order valence-electron chi connectivity index (χ2n) is 5.28. The van der Waals surface area contributed by atoms with E-state index in [-0.39, 0.29) is 29.2 Å². The molecule has 1 N–H and O–H groups in total. The molecule has 0 fully saturated rings. The third-order valence-electron chi connectivity index (χ3n) is 3.48. The normalized spacial score (nSPS) is 11.7. The number of hydrogen-bond acceptors (Lipinski definition) is 4. The van der Waals surface area contributed by atoms with Crippen molar-refractivity contribution in [3.8, 4) is 0 Å². The van der Waals surface area contributed by atoms with Gasteiger partial charge in [-0.25, -0.2) is 13.4 Å². The van der Waals surface area contributed by atoms with Gasteiger partial charge in [-0.2, -0.15) is 8.78 Å². The number of hydrogen-bond donors (Lipinski definition) is 1. The third kappa shape index (κ3) is 4.16. The summed E-state index contributed by atoms with van der Waals surface area (Å²) in [4.78, 5) is 16.1. The van der Waals surface area contributed by atoms with Gasteiger partial charge in [0.15, 0.2) is 9.84 Å². The number of imidazole rings is 1. The molecule has 130 valence electrons. The van der Waals surface area contributed by atoms with Gasteiger partial charge in [0.1, 0.15) is 5.82 Å². The Hall–Kier alpha value is -2.29. The molecule has 0 saturated heterocycles. The van der Waals surface area contributed by atoms with Crippen LogP contribution in [0.5, 0.6) is 0 Å². The Morgan fingerprint density at radius 1 is 1.38 bits per heavy atom. The molecule has 1 amide bonds. The standard InChI is InChI=1S/C15H17F2N3O3S/c1-10-3-4-11(24(2,22)23)9-12(10)14(21)19-6-5-13-18-7-8-20(13)15(16)17/h3-4,7-9,15H,5-6H2,1-2H3,(H,19,21). The first kappa shape index (κ1) is 18.1. The molecule has 0 radical (unpaired) electrons. The summed E-state index contributed by atoms with van der Waals surface area (Å²) >= 11 is 0. The van der Waals surface area contributed by atoms with Gasteiger partial charge in [-0.1, -0.05) is 6.07 Å². The maximum Gasteiger partial charge on any atom is 0.319 e. The Labute approximate surface area is 138 Å². The fourth-order valence-electron chi connectivity index (χ4n) is 2.17. The summed E-state index contributed by atoms with van der Waals surface area (Å²) in [5.41, 5.74) is 0.851. The second-order valence-corrected chi connectivity index (χ2v) is 7.30. The summed E-state index contributed by atoms with van der Waals surface area (Å²) in [6.07, 6.45) is 3.63. The zero-order chi connectivity index (χ0) is 17.9. The summed E-state index contributed by atoms with van der Waals surface area (Å²) in [7, 11) is -3.42. The van der Waals surface area contributed by atoms with Crippen LogP contribution in [0.25, 0.3) is 0 Å². The summed E-state index contributed by atoms with van der Waals surface area (Å²) in [5, 5.41) is 2.59. The quantitative estimate of drug-likeness (QED) is 0.857. The molecule has 0 bridgehead atoms. The molecule has 0 aliphatic heterocycles. The van der Waals surface area contributed by atoms with Gasteiger partial charge in [0.25, 0.3) is 5.91 Å². The van der Waals surface area contributed by atoms with E-state index < -0.39 is 22.3 Å². The Balaban J connectivity index is 2.06. The van der Waals surface area contributed by atoms with E-state index in [2.05, 4.69) is 10.3 Å². The van der Waals surface area contributed by atoms with Crippen molar-refractivity contribution in [2.75, 3.05) is 12.8 Å². The SMILES string of the molecule is Cc1ccc(S(C)(=O)=O)cc1C(=O)NCCc1nccn1C(F)F. The van der Waals surface area contributed by atoms with Gasteiger partial charge in [-0.05, 0) is 24.6 Å². The molecule has 1 aromatic carbocycles. The summed E-state index contributed by atoms with van der Waals surface area (Å²) in [5.74, 6) is -0.305. The van der Waals surface area contributed by atoms with Gasteiger partial charge in [0.2, 0.25) is 0 Å². The van der Waals surface area contributed by atoms with Gasteiger partial charge in [0, 0.05) is 37.2 Å². The molecule has 1 heterocycles. The Morgan fingerprint density at radius 2 is 2.08 bits per heavy atom. The first-order valence-corrected chi connectivity index (χ1v) is 8.98.